The van der Waals surface area contributed by atoms with Crippen LogP contribution in [0.3, 0.4) is 0 Å². The minimum atomic E-state index is -0.773. The van der Waals surface area contributed by atoms with Gasteiger partial charge < -0.3 is 9.84 Å². The van der Waals surface area contributed by atoms with Gasteiger partial charge in [-0.25, -0.2) is 9.97 Å². The summed E-state index contributed by atoms with van der Waals surface area (Å²) in [5.41, 5.74) is 1.31. The Morgan fingerprint density at radius 2 is 1.38 bits per heavy atom. The standard InChI is InChI=1S/C14H20BrNO2.C10H12BrNO2/c1-5-6-11(13(17)18-14(2,3)4)10-7-8-16-12(15)9-10;1-2-3-8(10(13)14)7-4-5-12-9(11)6-7/h7-9,11H,5-6H2,1-4H3;4-6,8H,2-3H2,1H3,(H,13,14). The Hall–Kier alpha value is -1.80. The molecule has 176 valence electrons. The Morgan fingerprint density at radius 1 is 0.938 bits per heavy atom. The van der Waals surface area contributed by atoms with Gasteiger partial charge in [-0.15, -0.1) is 0 Å². The molecule has 0 fully saturated rings. The van der Waals surface area contributed by atoms with E-state index in [2.05, 4.69) is 48.8 Å². The molecule has 0 saturated carbocycles. The van der Waals surface area contributed by atoms with Gasteiger partial charge in [0.2, 0.25) is 0 Å². The Bertz CT molecular complexity index is 884. The van der Waals surface area contributed by atoms with Gasteiger partial charge in [-0.1, -0.05) is 26.7 Å². The van der Waals surface area contributed by atoms with Gasteiger partial charge in [0.1, 0.15) is 14.8 Å². The lowest BCUT2D eigenvalue weighted by atomic mass is 9.95. The molecule has 2 heterocycles. The molecule has 0 bridgehead atoms. The van der Waals surface area contributed by atoms with Crippen LogP contribution in [-0.2, 0) is 14.3 Å². The molecule has 2 aromatic rings. The number of carboxylic acid groups (broad SMARTS) is 1. The van der Waals surface area contributed by atoms with Gasteiger partial charge in [-0.05, 0) is 101 Å². The molecule has 0 amide bonds. The van der Waals surface area contributed by atoms with E-state index in [9.17, 15) is 9.59 Å². The average molecular weight is 572 g/mol. The van der Waals surface area contributed by atoms with E-state index in [1.165, 1.54) is 0 Å². The van der Waals surface area contributed by atoms with Gasteiger partial charge in [-0.3, -0.25) is 9.59 Å². The van der Waals surface area contributed by atoms with E-state index < -0.39 is 17.5 Å². The van der Waals surface area contributed by atoms with Gasteiger partial charge >= 0.3 is 11.9 Å². The van der Waals surface area contributed by atoms with Crippen molar-refractivity contribution >= 4 is 43.8 Å². The number of hydrogen-bond acceptors (Lipinski definition) is 5. The topological polar surface area (TPSA) is 89.4 Å². The average Bonchev–Trinajstić information content (AvgIpc) is 2.69. The molecule has 8 heteroatoms. The maximum absolute atomic E-state index is 12.2. The second-order valence-corrected chi connectivity index (χ2v) is 10.0. The largest absolute Gasteiger partial charge is 0.481 e. The van der Waals surface area contributed by atoms with Crippen molar-refractivity contribution < 1.29 is 19.4 Å². The maximum Gasteiger partial charge on any atom is 0.313 e. The van der Waals surface area contributed by atoms with Crippen LogP contribution in [-0.4, -0.2) is 32.6 Å². The minimum Gasteiger partial charge on any atom is -0.481 e. The van der Waals surface area contributed by atoms with E-state index in [1.807, 2.05) is 39.8 Å². The lowest BCUT2D eigenvalue weighted by Crippen LogP contribution is -2.27. The molecule has 6 nitrogen and oxygen atoms in total. The predicted octanol–water partition coefficient (Wildman–Crippen LogP) is 6.88. The molecule has 0 aliphatic rings. The Labute approximate surface area is 207 Å². The number of carboxylic acids is 1. The normalized spacial score (nSPS) is 12.8. The number of aromatic nitrogens is 2. The molecular weight excluding hydrogens is 540 g/mol. The minimum absolute atomic E-state index is 0.164. The first-order valence-electron chi connectivity index (χ1n) is 10.7. The summed E-state index contributed by atoms with van der Waals surface area (Å²) in [6.07, 6.45) is 6.55. The van der Waals surface area contributed by atoms with Crippen molar-refractivity contribution in [2.24, 2.45) is 0 Å². The summed E-state index contributed by atoms with van der Waals surface area (Å²) in [7, 11) is 0. The van der Waals surface area contributed by atoms with E-state index in [4.69, 9.17) is 9.84 Å². The molecule has 32 heavy (non-hydrogen) atoms. The molecule has 0 aliphatic carbocycles. The van der Waals surface area contributed by atoms with Gasteiger partial charge in [0.05, 0.1) is 11.8 Å². The zero-order valence-electron chi connectivity index (χ0n) is 19.3. The van der Waals surface area contributed by atoms with Crippen LogP contribution in [0.5, 0.6) is 0 Å². The zero-order chi connectivity index (χ0) is 24.3. The summed E-state index contributed by atoms with van der Waals surface area (Å²) in [5, 5.41) is 9.01. The molecule has 2 atom stereocenters. The van der Waals surface area contributed by atoms with Crippen LogP contribution in [0.1, 0.15) is 83.3 Å². The smallest absolute Gasteiger partial charge is 0.313 e. The van der Waals surface area contributed by atoms with Crippen LogP contribution in [0.2, 0.25) is 0 Å². The Kier molecular flexibility index (Phi) is 12.1. The Balaban J connectivity index is 0.000000330. The highest BCUT2D eigenvalue weighted by Crippen LogP contribution is 2.26. The van der Waals surface area contributed by atoms with Crippen LogP contribution >= 0.6 is 31.9 Å². The molecule has 0 spiro atoms. The third-order valence-electron chi connectivity index (χ3n) is 4.45. The monoisotopic (exact) mass is 570 g/mol. The molecule has 2 unspecified atom stereocenters. The van der Waals surface area contributed by atoms with E-state index in [0.717, 1.165) is 35.0 Å². The fourth-order valence-electron chi connectivity index (χ4n) is 3.07. The fourth-order valence-corrected chi connectivity index (χ4v) is 3.84. The lowest BCUT2D eigenvalue weighted by molar-refractivity contribution is -0.157. The van der Waals surface area contributed by atoms with Crippen molar-refractivity contribution in [1.82, 2.24) is 9.97 Å². The molecule has 2 rings (SSSR count). The first-order valence-corrected chi connectivity index (χ1v) is 12.3. The summed E-state index contributed by atoms with van der Waals surface area (Å²) >= 11 is 6.56. The van der Waals surface area contributed by atoms with Crippen molar-refractivity contribution in [1.29, 1.82) is 0 Å². The molecule has 0 aromatic carbocycles. The van der Waals surface area contributed by atoms with Gasteiger partial charge in [0.15, 0.2) is 0 Å². The van der Waals surface area contributed by atoms with Gasteiger partial charge in [-0.2, -0.15) is 0 Å². The fraction of sp³-hybridized carbons (Fsp3) is 0.500. The first kappa shape index (κ1) is 28.2. The van der Waals surface area contributed by atoms with Gasteiger partial charge in [0.25, 0.3) is 0 Å². The summed E-state index contributed by atoms with van der Waals surface area (Å²) in [6.45, 7) is 9.70. The zero-order valence-corrected chi connectivity index (χ0v) is 22.4. The maximum atomic E-state index is 12.2. The molecular formula is C24H32Br2N2O4. The van der Waals surface area contributed by atoms with E-state index >= 15 is 0 Å². The Morgan fingerprint density at radius 3 is 1.75 bits per heavy atom. The highest BCUT2D eigenvalue weighted by molar-refractivity contribution is 9.10. The lowest BCUT2D eigenvalue weighted by Gasteiger charge is -2.24. The predicted molar refractivity (Wildman–Crippen MR) is 133 cm³/mol. The number of halogens is 2. The number of pyridine rings is 2. The van der Waals surface area contributed by atoms with Crippen LogP contribution < -0.4 is 0 Å². The number of carbonyl (C=O) groups excluding carboxylic acids is 1. The quantitative estimate of drug-likeness (QED) is 0.274. The van der Waals surface area contributed by atoms with E-state index in [-0.39, 0.29) is 11.9 Å². The van der Waals surface area contributed by atoms with E-state index in [1.54, 1.807) is 24.5 Å². The molecule has 0 radical (unpaired) electrons. The number of rotatable bonds is 8. The van der Waals surface area contributed by atoms with Crippen molar-refractivity contribution in [3.8, 4) is 0 Å². The van der Waals surface area contributed by atoms with Crippen LogP contribution in [0.25, 0.3) is 0 Å². The third-order valence-corrected chi connectivity index (χ3v) is 5.32. The highest BCUT2D eigenvalue weighted by Gasteiger charge is 2.26. The third kappa shape index (κ3) is 10.2. The highest BCUT2D eigenvalue weighted by atomic mass is 79.9. The summed E-state index contributed by atoms with van der Waals surface area (Å²) < 4.78 is 6.89. The van der Waals surface area contributed by atoms with Crippen molar-refractivity contribution in [2.75, 3.05) is 0 Å². The number of nitrogens with zero attached hydrogens (tertiary/aromatic N) is 2. The summed E-state index contributed by atoms with van der Waals surface area (Å²) in [6, 6.07) is 7.26. The molecule has 2 aromatic heterocycles. The van der Waals surface area contributed by atoms with Crippen LogP contribution in [0.15, 0.2) is 45.9 Å². The van der Waals surface area contributed by atoms with Crippen LogP contribution in [0, 0.1) is 0 Å². The molecule has 0 aliphatic heterocycles. The van der Waals surface area contributed by atoms with Crippen LogP contribution in [0.4, 0.5) is 0 Å². The van der Waals surface area contributed by atoms with Crippen molar-refractivity contribution in [3.63, 3.8) is 0 Å². The van der Waals surface area contributed by atoms with Crippen molar-refractivity contribution in [2.45, 2.75) is 77.7 Å². The second-order valence-electron chi connectivity index (χ2n) is 8.38. The summed E-state index contributed by atoms with van der Waals surface area (Å²) in [5.74, 6) is -1.57. The number of carbonyl (C=O) groups is 2. The number of esters is 1. The van der Waals surface area contributed by atoms with Crippen molar-refractivity contribution in [3.05, 3.63) is 57.0 Å². The summed E-state index contributed by atoms with van der Waals surface area (Å²) in [4.78, 5) is 31.2. The number of ether oxygens (including phenoxy) is 1. The molecule has 0 saturated heterocycles. The number of aliphatic carboxylic acids is 1. The number of hydrogen-bond donors (Lipinski definition) is 1. The van der Waals surface area contributed by atoms with E-state index in [0.29, 0.717) is 11.0 Å². The molecule has 1 N–H and O–H groups in total. The van der Waals surface area contributed by atoms with Gasteiger partial charge in [0, 0.05) is 12.4 Å². The second kappa shape index (κ2) is 13.7. The SMILES string of the molecule is CCCC(C(=O)O)c1ccnc(Br)c1.CCCC(C(=O)OC(C)(C)C)c1ccnc(Br)c1. The first-order chi connectivity index (χ1) is 15.0.